The van der Waals surface area contributed by atoms with Crippen LogP contribution in [0.25, 0.3) is 11.1 Å². The number of methoxy groups -OCH3 is 1. The van der Waals surface area contributed by atoms with Crippen LogP contribution in [0.1, 0.15) is 43.0 Å². The van der Waals surface area contributed by atoms with Crippen molar-refractivity contribution in [3.63, 3.8) is 0 Å². The van der Waals surface area contributed by atoms with Gasteiger partial charge in [0.25, 0.3) is 5.91 Å². The second-order valence-electron chi connectivity index (χ2n) is 6.99. The molecule has 0 aliphatic heterocycles. The molecule has 3 rings (SSSR count). The van der Waals surface area contributed by atoms with Gasteiger partial charge in [-0.3, -0.25) is 9.69 Å². The summed E-state index contributed by atoms with van der Waals surface area (Å²) < 4.78 is 5.47. The number of carbonyl (C=O) groups is 1. The highest BCUT2D eigenvalue weighted by Gasteiger charge is 2.39. The lowest BCUT2D eigenvalue weighted by atomic mass is 10.0. The standard InChI is InChI=1S/C22H28N2O2/c1-4-24(2)22(14-8-9-15-22)23-21(25)19-16-18(12-13-20(19)26-3)17-10-6-5-7-11-17/h5-7,10-13,16H,4,8-9,14-15H2,1-3H3,(H,23,25). The summed E-state index contributed by atoms with van der Waals surface area (Å²) in [6.07, 6.45) is 4.27. The van der Waals surface area contributed by atoms with Crippen LogP contribution in [0.15, 0.2) is 48.5 Å². The van der Waals surface area contributed by atoms with E-state index in [2.05, 4.69) is 24.2 Å². The number of amides is 1. The molecule has 0 saturated heterocycles. The number of nitrogens with one attached hydrogen (secondary N) is 1. The van der Waals surface area contributed by atoms with E-state index >= 15 is 0 Å². The average molecular weight is 352 g/mol. The first-order chi connectivity index (χ1) is 12.6. The molecule has 1 N–H and O–H groups in total. The summed E-state index contributed by atoms with van der Waals surface area (Å²) >= 11 is 0. The first kappa shape index (κ1) is 18.5. The van der Waals surface area contributed by atoms with Gasteiger partial charge < -0.3 is 10.1 Å². The molecule has 0 unspecified atom stereocenters. The number of ether oxygens (including phenoxy) is 1. The number of hydrogen-bond acceptors (Lipinski definition) is 3. The van der Waals surface area contributed by atoms with Gasteiger partial charge in [-0.15, -0.1) is 0 Å². The molecule has 0 bridgehead atoms. The molecule has 1 aliphatic rings. The maximum atomic E-state index is 13.2. The predicted octanol–water partition coefficient (Wildman–Crippen LogP) is 4.31. The lowest BCUT2D eigenvalue weighted by Gasteiger charge is -2.39. The quantitative estimate of drug-likeness (QED) is 0.788. The summed E-state index contributed by atoms with van der Waals surface area (Å²) in [6, 6.07) is 15.9. The minimum atomic E-state index is -0.250. The Bertz CT molecular complexity index is 752. The van der Waals surface area contributed by atoms with Crippen LogP contribution in [0.2, 0.25) is 0 Å². The van der Waals surface area contributed by atoms with Crippen LogP contribution in [-0.4, -0.2) is 37.2 Å². The van der Waals surface area contributed by atoms with Gasteiger partial charge in [0, 0.05) is 0 Å². The number of nitrogens with zero attached hydrogens (tertiary/aromatic N) is 1. The predicted molar refractivity (Wildman–Crippen MR) is 105 cm³/mol. The Balaban J connectivity index is 1.93. The minimum absolute atomic E-state index is 0.0677. The Hall–Kier alpha value is -2.33. The molecule has 138 valence electrons. The zero-order valence-electron chi connectivity index (χ0n) is 15.9. The van der Waals surface area contributed by atoms with Crippen LogP contribution in [0.4, 0.5) is 0 Å². The van der Waals surface area contributed by atoms with Gasteiger partial charge in [-0.25, -0.2) is 0 Å². The molecule has 1 saturated carbocycles. The summed E-state index contributed by atoms with van der Waals surface area (Å²) in [5, 5.41) is 3.32. The summed E-state index contributed by atoms with van der Waals surface area (Å²) in [5.74, 6) is 0.538. The highest BCUT2D eigenvalue weighted by Crippen LogP contribution is 2.33. The van der Waals surface area contributed by atoms with Crippen molar-refractivity contribution in [1.29, 1.82) is 0 Å². The van der Waals surface area contributed by atoms with Gasteiger partial charge in [0.15, 0.2) is 0 Å². The molecule has 4 heteroatoms. The van der Waals surface area contributed by atoms with E-state index in [4.69, 9.17) is 4.74 Å². The van der Waals surface area contributed by atoms with Crippen LogP contribution in [0, 0.1) is 0 Å². The lowest BCUT2D eigenvalue weighted by molar-refractivity contribution is 0.0637. The van der Waals surface area contributed by atoms with Crippen molar-refractivity contribution in [2.75, 3.05) is 20.7 Å². The third-order valence-corrected chi connectivity index (χ3v) is 5.53. The van der Waals surface area contributed by atoms with E-state index in [9.17, 15) is 4.79 Å². The molecule has 0 radical (unpaired) electrons. The molecule has 4 nitrogen and oxygen atoms in total. The maximum Gasteiger partial charge on any atom is 0.256 e. The highest BCUT2D eigenvalue weighted by atomic mass is 16.5. The maximum absolute atomic E-state index is 13.2. The lowest BCUT2D eigenvalue weighted by Crippen LogP contribution is -2.57. The summed E-state index contributed by atoms with van der Waals surface area (Å²) in [7, 11) is 3.70. The SMILES string of the molecule is CCN(C)C1(NC(=O)c2cc(-c3ccccc3)ccc2OC)CCCC1. The summed E-state index contributed by atoms with van der Waals surface area (Å²) in [5.41, 5.74) is 2.44. The smallest absolute Gasteiger partial charge is 0.256 e. The van der Waals surface area contributed by atoms with Crippen molar-refractivity contribution in [3.05, 3.63) is 54.1 Å². The first-order valence-corrected chi connectivity index (χ1v) is 9.37. The molecule has 0 aromatic heterocycles. The number of carbonyl (C=O) groups excluding carboxylic acids is 1. The Kier molecular flexibility index (Phi) is 5.62. The fourth-order valence-electron chi connectivity index (χ4n) is 3.84. The van der Waals surface area contributed by atoms with Crippen LogP contribution in [-0.2, 0) is 0 Å². The monoisotopic (exact) mass is 352 g/mol. The zero-order chi connectivity index (χ0) is 18.6. The van der Waals surface area contributed by atoms with Crippen molar-refractivity contribution >= 4 is 5.91 Å². The molecule has 2 aromatic carbocycles. The number of benzene rings is 2. The van der Waals surface area contributed by atoms with Crippen molar-refractivity contribution < 1.29 is 9.53 Å². The Morgan fingerprint density at radius 2 is 1.81 bits per heavy atom. The van der Waals surface area contributed by atoms with Crippen molar-refractivity contribution in [1.82, 2.24) is 10.2 Å². The third kappa shape index (κ3) is 3.61. The largest absolute Gasteiger partial charge is 0.496 e. The molecule has 1 aliphatic carbocycles. The van der Waals surface area contributed by atoms with E-state index in [0.29, 0.717) is 11.3 Å². The minimum Gasteiger partial charge on any atom is -0.496 e. The summed E-state index contributed by atoms with van der Waals surface area (Å²) in [6.45, 7) is 3.03. The van der Waals surface area contributed by atoms with E-state index < -0.39 is 0 Å². The van der Waals surface area contributed by atoms with E-state index in [1.54, 1.807) is 7.11 Å². The van der Waals surface area contributed by atoms with Gasteiger partial charge in [-0.1, -0.05) is 43.3 Å². The van der Waals surface area contributed by atoms with E-state index in [-0.39, 0.29) is 11.6 Å². The topological polar surface area (TPSA) is 41.6 Å². The van der Waals surface area contributed by atoms with E-state index in [1.165, 1.54) is 0 Å². The van der Waals surface area contributed by atoms with Crippen LogP contribution < -0.4 is 10.1 Å². The van der Waals surface area contributed by atoms with Crippen LogP contribution in [0.5, 0.6) is 5.75 Å². The average Bonchev–Trinajstić information content (AvgIpc) is 3.17. The molecular weight excluding hydrogens is 324 g/mol. The van der Waals surface area contributed by atoms with Crippen molar-refractivity contribution in [3.8, 4) is 16.9 Å². The Labute approximate surface area is 156 Å². The normalized spacial score (nSPS) is 15.8. The molecule has 0 heterocycles. The fourth-order valence-corrected chi connectivity index (χ4v) is 3.84. The van der Waals surface area contributed by atoms with Crippen LogP contribution >= 0.6 is 0 Å². The summed E-state index contributed by atoms with van der Waals surface area (Å²) in [4.78, 5) is 15.4. The molecule has 1 amide bonds. The molecule has 26 heavy (non-hydrogen) atoms. The fraction of sp³-hybridized carbons (Fsp3) is 0.409. The molecule has 2 aromatic rings. The second-order valence-corrected chi connectivity index (χ2v) is 6.99. The van der Waals surface area contributed by atoms with Gasteiger partial charge >= 0.3 is 0 Å². The van der Waals surface area contributed by atoms with E-state index in [0.717, 1.165) is 43.4 Å². The van der Waals surface area contributed by atoms with Gasteiger partial charge in [0.2, 0.25) is 0 Å². The molecule has 0 spiro atoms. The van der Waals surface area contributed by atoms with E-state index in [1.807, 2.05) is 48.5 Å². The van der Waals surface area contributed by atoms with Gasteiger partial charge in [-0.05, 0) is 62.5 Å². The molecule has 1 fully saturated rings. The number of hydrogen-bond donors (Lipinski definition) is 1. The highest BCUT2D eigenvalue weighted by molar-refractivity contribution is 5.98. The third-order valence-electron chi connectivity index (χ3n) is 5.53. The Morgan fingerprint density at radius 3 is 2.42 bits per heavy atom. The number of rotatable bonds is 6. The van der Waals surface area contributed by atoms with Gasteiger partial charge in [0.05, 0.1) is 18.3 Å². The van der Waals surface area contributed by atoms with Crippen molar-refractivity contribution in [2.24, 2.45) is 0 Å². The zero-order valence-corrected chi connectivity index (χ0v) is 15.9. The first-order valence-electron chi connectivity index (χ1n) is 9.37. The molecule has 0 atom stereocenters. The van der Waals surface area contributed by atoms with Crippen molar-refractivity contribution in [2.45, 2.75) is 38.3 Å². The van der Waals surface area contributed by atoms with Gasteiger partial charge in [-0.2, -0.15) is 0 Å². The van der Waals surface area contributed by atoms with Crippen LogP contribution in [0.3, 0.4) is 0 Å². The van der Waals surface area contributed by atoms with Gasteiger partial charge in [0.1, 0.15) is 5.75 Å². The Morgan fingerprint density at radius 1 is 1.12 bits per heavy atom. The molecular formula is C22H28N2O2. The second kappa shape index (κ2) is 7.92.